The zero-order valence-corrected chi connectivity index (χ0v) is 18.7. The van der Waals surface area contributed by atoms with E-state index in [0.717, 1.165) is 28.7 Å². The molecule has 1 aliphatic rings. The summed E-state index contributed by atoms with van der Waals surface area (Å²) in [5.74, 6) is 0.519. The van der Waals surface area contributed by atoms with Crippen molar-refractivity contribution >= 4 is 23.2 Å². The van der Waals surface area contributed by atoms with E-state index < -0.39 is 6.10 Å². The fraction of sp³-hybridized carbons (Fsp3) is 0.292. The van der Waals surface area contributed by atoms with Crippen LogP contribution in [0.5, 0.6) is 5.88 Å². The molecule has 7 heteroatoms. The van der Waals surface area contributed by atoms with E-state index in [9.17, 15) is 5.11 Å². The standard InChI is InChI=1S/C24H24Cl2N2O3/c1-30-24-15(13-27-21-11-12-31-14-22(21)29)9-10-20(28-24)18-7-4-6-17(23(18)26)16-5-2-3-8-19(16)25/h2-10,21-22,27,29H,11-14H2,1H3/t21-,22-/m0/s1. The number of nitrogens with zero attached hydrogens (tertiary/aromatic N) is 1. The second-order valence-electron chi connectivity index (χ2n) is 7.43. The molecule has 1 aliphatic heterocycles. The molecule has 1 saturated heterocycles. The largest absolute Gasteiger partial charge is 0.481 e. The van der Waals surface area contributed by atoms with Gasteiger partial charge in [0.1, 0.15) is 0 Å². The molecule has 2 N–H and O–H groups in total. The Morgan fingerprint density at radius 2 is 1.84 bits per heavy atom. The van der Waals surface area contributed by atoms with Crippen molar-refractivity contribution in [3.8, 4) is 28.3 Å². The highest BCUT2D eigenvalue weighted by Crippen LogP contribution is 2.39. The van der Waals surface area contributed by atoms with Crippen LogP contribution in [0.4, 0.5) is 0 Å². The molecule has 5 nitrogen and oxygen atoms in total. The van der Waals surface area contributed by atoms with E-state index in [1.807, 2.05) is 54.6 Å². The Labute approximate surface area is 191 Å². The maximum Gasteiger partial charge on any atom is 0.218 e. The lowest BCUT2D eigenvalue weighted by molar-refractivity contribution is -0.0281. The zero-order chi connectivity index (χ0) is 21.8. The van der Waals surface area contributed by atoms with Crippen LogP contribution in [0.1, 0.15) is 12.0 Å². The summed E-state index contributed by atoms with van der Waals surface area (Å²) < 4.78 is 10.8. The SMILES string of the molecule is COc1nc(-c2cccc(-c3ccccc3Cl)c2Cl)ccc1CN[C@H]1CCOC[C@@H]1O. The van der Waals surface area contributed by atoms with Crippen LogP contribution in [-0.4, -0.2) is 42.6 Å². The fourth-order valence-electron chi connectivity index (χ4n) is 3.75. The van der Waals surface area contributed by atoms with Gasteiger partial charge in [0.15, 0.2) is 0 Å². The second-order valence-corrected chi connectivity index (χ2v) is 8.22. The van der Waals surface area contributed by atoms with E-state index in [-0.39, 0.29) is 6.04 Å². The summed E-state index contributed by atoms with van der Waals surface area (Å²) >= 11 is 13.2. The summed E-state index contributed by atoms with van der Waals surface area (Å²) in [6.45, 7) is 1.53. The van der Waals surface area contributed by atoms with Gasteiger partial charge in [0.2, 0.25) is 5.88 Å². The number of benzene rings is 2. The molecule has 31 heavy (non-hydrogen) atoms. The molecule has 3 aromatic rings. The topological polar surface area (TPSA) is 63.6 Å². The minimum Gasteiger partial charge on any atom is -0.481 e. The average Bonchev–Trinajstić information content (AvgIpc) is 2.79. The molecule has 0 amide bonds. The van der Waals surface area contributed by atoms with Crippen molar-refractivity contribution in [2.24, 2.45) is 0 Å². The highest BCUT2D eigenvalue weighted by molar-refractivity contribution is 6.38. The molecule has 0 spiro atoms. The quantitative estimate of drug-likeness (QED) is 0.545. The molecule has 0 saturated carbocycles. The predicted molar refractivity (Wildman–Crippen MR) is 124 cm³/mol. The van der Waals surface area contributed by atoms with Crippen molar-refractivity contribution in [1.29, 1.82) is 0 Å². The summed E-state index contributed by atoms with van der Waals surface area (Å²) in [4.78, 5) is 4.70. The van der Waals surface area contributed by atoms with E-state index in [4.69, 9.17) is 37.7 Å². The average molecular weight is 459 g/mol. The number of pyridine rings is 1. The van der Waals surface area contributed by atoms with Crippen molar-refractivity contribution in [2.75, 3.05) is 20.3 Å². The molecule has 1 aromatic heterocycles. The Bertz CT molecular complexity index is 1060. The predicted octanol–water partition coefficient (Wildman–Crippen LogP) is 4.97. The van der Waals surface area contributed by atoms with Crippen molar-refractivity contribution in [3.63, 3.8) is 0 Å². The normalized spacial score (nSPS) is 18.7. The van der Waals surface area contributed by atoms with Crippen molar-refractivity contribution in [3.05, 3.63) is 70.2 Å². The summed E-state index contributed by atoms with van der Waals surface area (Å²) in [6, 6.07) is 17.3. The van der Waals surface area contributed by atoms with Crippen molar-refractivity contribution in [1.82, 2.24) is 10.3 Å². The van der Waals surface area contributed by atoms with Gasteiger partial charge < -0.3 is 19.9 Å². The first-order valence-corrected chi connectivity index (χ1v) is 10.9. The van der Waals surface area contributed by atoms with Gasteiger partial charge in [0.05, 0.1) is 30.5 Å². The Morgan fingerprint density at radius 1 is 1.06 bits per heavy atom. The number of hydrogen-bond donors (Lipinski definition) is 2. The first-order valence-electron chi connectivity index (χ1n) is 10.2. The molecular weight excluding hydrogens is 435 g/mol. The molecule has 1 fully saturated rings. The van der Waals surface area contributed by atoms with Crippen LogP contribution in [-0.2, 0) is 11.3 Å². The van der Waals surface area contributed by atoms with Crippen molar-refractivity contribution < 1.29 is 14.6 Å². The number of rotatable bonds is 6. The summed E-state index contributed by atoms with van der Waals surface area (Å²) in [6.07, 6.45) is 0.248. The Balaban J connectivity index is 1.61. The molecule has 0 bridgehead atoms. The number of ether oxygens (including phenoxy) is 2. The summed E-state index contributed by atoms with van der Waals surface area (Å²) in [5.41, 5.74) is 4.15. The monoisotopic (exact) mass is 458 g/mol. The van der Waals surface area contributed by atoms with Crippen LogP contribution in [0, 0.1) is 0 Å². The number of aromatic nitrogens is 1. The maximum atomic E-state index is 10.1. The third kappa shape index (κ3) is 4.86. The minimum atomic E-state index is -0.515. The number of methoxy groups -OCH3 is 1. The minimum absolute atomic E-state index is 0.0140. The highest BCUT2D eigenvalue weighted by Gasteiger charge is 2.23. The van der Waals surface area contributed by atoms with Crippen LogP contribution in [0.2, 0.25) is 10.0 Å². The zero-order valence-electron chi connectivity index (χ0n) is 17.1. The molecule has 0 unspecified atom stereocenters. The van der Waals surface area contributed by atoms with Crippen LogP contribution < -0.4 is 10.1 Å². The second kappa shape index (κ2) is 9.98. The third-order valence-corrected chi connectivity index (χ3v) is 6.19. The molecule has 2 heterocycles. The Morgan fingerprint density at radius 3 is 2.61 bits per heavy atom. The van der Waals surface area contributed by atoms with Gasteiger partial charge in [-0.2, -0.15) is 0 Å². The maximum absolute atomic E-state index is 10.1. The van der Waals surface area contributed by atoms with Gasteiger partial charge >= 0.3 is 0 Å². The molecule has 2 aromatic carbocycles. The lowest BCUT2D eigenvalue weighted by Crippen LogP contribution is -2.46. The number of aliphatic hydroxyl groups excluding tert-OH is 1. The van der Waals surface area contributed by atoms with Gasteiger partial charge in [0, 0.05) is 46.5 Å². The summed E-state index contributed by atoms with van der Waals surface area (Å²) in [7, 11) is 1.60. The van der Waals surface area contributed by atoms with Crippen LogP contribution in [0.3, 0.4) is 0 Å². The molecule has 162 valence electrons. The molecule has 4 rings (SSSR count). The van der Waals surface area contributed by atoms with E-state index in [0.29, 0.717) is 41.4 Å². The van der Waals surface area contributed by atoms with E-state index >= 15 is 0 Å². The lowest BCUT2D eigenvalue weighted by atomic mass is 10.0. The number of halogens is 2. The molecule has 2 atom stereocenters. The fourth-order valence-corrected chi connectivity index (χ4v) is 4.31. The van der Waals surface area contributed by atoms with Crippen LogP contribution in [0.15, 0.2) is 54.6 Å². The van der Waals surface area contributed by atoms with Gasteiger partial charge in [-0.05, 0) is 18.6 Å². The number of aliphatic hydroxyl groups is 1. The number of nitrogens with one attached hydrogen (secondary N) is 1. The van der Waals surface area contributed by atoms with Gasteiger partial charge in [-0.1, -0.05) is 65.7 Å². The number of hydrogen-bond acceptors (Lipinski definition) is 5. The van der Waals surface area contributed by atoms with E-state index in [1.165, 1.54) is 0 Å². The first-order chi connectivity index (χ1) is 15.1. The van der Waals surface area contributed by atoms with Crippen LogP contribution >= 0.6 is 23.2 Å². The van der Waals surface area contributed by atoms with Gasteiger partial charge in [-0.3, -0.25) is 0 Å². The van der Waals surface area contributed by atoms with Gasteiger partial charge in [-0.25, -0.2) is 4.98 Å². The smallest absolute Gasteiger partial charge is 0.218 e. The van der Waals surface area contributed by atoms with Gasteiger partial charge in [-0.15, -0.1) is 0 Å². The van der Waals surface area contributed by atoms with E-state index in [2.05, 4.69) is 5.32 Å². The first kappa shape index (κ1) is 22.1. The van der Waals surface area contributed by atoms with Crippen molar-refractivity contribution in [2.45, 2.75) is 25.1 Å². The molecule has 0 aliphatic carbocycles. The van der Waals surface area contributed by atoms with E-state index in [1.54, 1.807) is 7.11 Å². The molecular formula is C24H24Cl2N2O3. The molecule has 0 radical (unpaired) electrons. The van der Waals surface area contributed by atoms with Gasteiger partial charge in [0.25, 0.3) is 0 Å². The van der Waals surface area contributed by atoms with Crippen LogP contribution in [0.25, 0.3) is 22.4 Å². The lowest BCUT2D eigenvalue weighted by Gasteiger charge is -2.28. The summed E-state index contributed by atoms with van der Waals surface area (Å²) in [5, 5.41) is 14.7. The highest BCUT2D eigenvalue weighted by atomic mass is 35.5. The Hall–Kier alpha value is -2.15. The third-order valence-electron chi connectivity index (χ3n) is 5.45. The Kier molecular flexibility index (Phi) is 7.10.